The molecule has 4 rings (SSSR count). The first-order valence-corrected chi connectivity index (χ1v) is 8.19. The van der Waals surface area contributed by atoms with Crippen molar-refractivity contribution in [2.24, 2.45) is 0 Å². The van der Waals surface area contributed by atoms with Gasteiger partial charge in [0.1, 0.15) is 0 Å². The molecule has 106 valence electrons. The highest BCUT2D eigenvalue weighted by molar-refractivity contribution is 9.10. The molecule has 0 aromatic heterocycles. The standard InChI is InChI=1S/C17H13BrClNO/c18-14-9-13-11(7-15(14)19)8-16-12-4-2-1-3-10(12)5-6-20(16)17(13)21/h1-4,7,9,16H,5-6,8H2/t16-/m0/s1. The van der Waals surface area contributed by atoms with Crippen molar-refractivity contribution in [2.45, 2.75) is 18.9 Å². The number of hydrogen-bond acceptors (Lipinski definition) is 1. The molecule has 0 fully saturated rings. The number of benzene rings is 2. The van der Waals surface area contributed by atoms with E-state index in [1.807, 2.05) is 17.0 Å². The highest BCUT2D eigenvalue weighted by Crippen LogP contribution is 2.40. The molecule has 2 aromatic rings. The summed E-state index contributed by atoms with van der Waals surface area (Å²) in [4.78, 5) is 14.8. The van der Waals surface area contributed by atoms with Gasteiger partial charge in [0.2, 0.25) is 0 Å². The molecule has 2 aliphatic heterocycles. The average Bonchev–Trinajstić information content (AvgIpc) is 2.49. The lowest BCUT2D eigenvalue weighted by atomic mass is 9.84. The van der Waals surface area contributed by atoms with Crippen LogP contribution >= 0.6 is 27.5 Å². The van der Waals surface area contributed by atoms with Crippen molar-refractivity contribution < 1.29 is 4.79 Å². The smallest absolute Gasteiger partial charge is 0.254 e. The minimum atomic E-state index is 0.119. The molecule has 1 amide bonds. The lowest BCUT2D eigenvalue weighted by Gasteiger charge is -2.41. The molecule has 2 aliphatic rings. The highest BCUT2D eigenvalue weighted by Gasteiger charge is 2.36. The molecule has 2 nitrogen and oxygen atoms in total. The number of amides is 1. The third-order valence-electron chi connectivity index (χ3n) is 4.46. The fraction of sp³-hybridized carbons (Fsp3) is 0.235. The minimum Gasteiger partial charge on any atom is -0.331 e. The predicted molar refractivity (Wildman–Crippen MR) is 86.8 cm³/mol. The second-order valence-electron chi connectivity index (χ2n) is 5.59. The number of carbonyl (C=O) groups is 1. The van der Waals surface area contributed by atoms with Gasteiger partial charge < -0.3 is 4.90 Å². The van der Waals surface area contributed by atoms with Crippen LogP contribution in [0.2, 0.25) is 5.02 Å². The van der Waals surface area contributed by atoms with Gasteiger partial charge in [0.15, 0.2) is 0 Å². The average molecular weight is 363 g/mol. The largest absolute Gasteiger partial charge is 0.331 e. The van der Waals surface area contributed by atoms with E-state index in [0.717, 1.165) is 35.0 Å². The van der Waals surface area contributed by atoms with Crippen LogP contribution in [0.5, 0.6) is 0 Å². The Labute approximate surface area is 136 Å². The van der Waals surface area contributed by atoms with Gasteiger partial charge in [0.05, 0.1) is 11.1 Å². The van der Waals surface area contributed by atoms with Gasteiger partial charge in [0, 0.05) is 16.6 Å². The third kappa shape index (κ3) is 2.02. The molecule has 1 atom stereocenters. The summed E-state index contributed by atoms with van der Waals surface area (Å²) in [6.07, 6.45) is 1.77. The SMILES string of the molecule is O=C1c2cc(Br)c(Cl)cc2C[C@H]2c3ccccc3CCN12. The summed E-state index contributed by atoms with van der Waals surface area (Å²) in [6.45, 7) is 0.792. The van der Waals surface area contributed by atoms with Crippen molar-refractivity contribution in [2.75, 3.05) is 6.54 Å². The van der Waals surface area contributed by atoms with Gasteiger partial charge >= 0.3 is 0 Å². The van der Waals surface area contributed by atoms with E-state index < -0.39 is 0 Å². The molecule has 0 aliphatic carbocycles. The van der Waals surface area contributed by atoms with Gasteiger partial charge in [0.25, 0.3) is 5.91 Å². The Balaban J connectivity index is 1.85. The number of hydrogen-bond donors (Lipinski definition) is 0. The molecule has 0 N–H and O–H groups in total. The summed E-state index contributed by atoms with van der Waals surface area (Å²) in [7, 11) is 0. The zero-order valence-electron chi connectivity index (χ0n) is 11.3. The summed E-state index contributed by atoms with van der Waals surface area (Å²) in [6, 6.07) is 12.4. The Morgan fingerprint density at radius 3 is 2.86 bits per heavy atom. The number of rotatable bonds is 0. The first-order chi connectivity index (χ1) is 10.1. The zero-order valence-corrected chi connectivity index (χ0v) is 13.6. The van der Waals surface area contributed by atoms with Gasteiger partial charge in [-0.15, -0.1) is 0 Å². The summed E-state index contributed by atoms with van der Waals surface area (Å²) < 4.78 is 0.784. The molecule has 0 radical (unpaired) electrons. The lowest BCUT2D eigenvalue weighted by Crippen LogP contribution is -2.44. The maximum atomic E-state index is 12.8. The van der Waals surface area contributed by atoms with Gasteiger partial charge in [-0.3, -0.25) is 4.79 Å². The van der Waals surface area contributed by atoms with Crippen LogP contribution < -0.4 is 0 Å². The summed E-state index contributed by atoms with van der Waals surface area (Å²) in [5.74, 6) is 0.119. The van der Waals surface area contributed by atoms with E-state index in [1.54, 1.807) is 0 Å². The van der Waals surface area contributed by atoms with Gasteiger partial charge in [-0.1, -0.05) is 35.9 Å². The fourth-order valence-electron chi connectivity index (χ4n) is 3.43. The highest BCUT2D eigenvalue weighted by atomic mass is 79.9. The number of halogens is 2. The predicted octanol–water partition coefficient (Wildman–Crippen LogP) is 4.40. The zero-order chi connectivity index (χ0) is 14.6. The molecule has 4 heteroatoms. The summed E-state index contributed by atoms with van der Waals surface area (Å²) >= 11 is 9.61. The second kappa shape index (κ2) is 4.85. The second-order valence-corrected chi connectivity index (χ2v) is 6.85. The molecule has 2 aromatic carbocycles. The van der Waals surface area contributed by atoms with Crippen molar-refractivity contribution in [1.82, 2.24) is 4.90 Å². The maximum absolute atomic E-state index is 12.8. The molecule has 21 heavy (non-hydrogen) atoms. The first kappa shape index (κ1) is 13.4. The number of nitrogens with zero attached hydrogens (tertiary/aromatic N) is 1. The van der Waals surface area contributed by atoms with Crippen molar-refractivity contribution in [3.8, 4) is 0 Å². The van der Waals surface area contributed by atoms with Crippen LogP contribution in [0.25, 0.3) is 0 Å². The lowest BCUT2D eigenvalue weighted by molar-refractivity contribution is 0.0632. The Morgan fingerprint density at radius 1 is 1.19 bits per heavy atom. The minimum absolute atomic E-state index is 0.119. The van der Waals surface area contributed by atoms with Crippen molar-refractivity contribution in [3.05, 3.63) is 68.1 Å². The number of fused-ring (bicyclic) bond motifs is 4. The van der Waals surface area contributed by atoms with Crippen LogP contribution in [-0.2, 0) is 12.8 Å². The first-order valence-electron chi connectivity index (χ1n) is 7.02. The van der Waals surface area contributed by atoms with Crippen LogP contribution in [0.4, 0.5) is 0 Å². The fourth-order valence-corrected chi connectivity index (χ4v) is 3.96. The van der Waals surface area contributed by atoms with Crippen LogP contribution in [0.1, 0.15) is 33.1 Å². The van der Waals surface area contributed by atoms with Crippen molar-refractivity contribution in [3.63, 3.8) is 0 Å². The van der Waals surface area contributed by atoms with Crippen LogP contribution in [0, 0.1) is 0 Å². The Bertz CT molecular complexity index is 758. The molecule has 0 spiro atoms. The quantitative estimate of drug-likeness (QED) is 0.680. The van der Waals surface area contributed by atoms with E-state index in [2.05, 4.69) is 40.2 Å². The molecule has 0 unspecified atom stereocenters. The Morgan fingerprint density at radius 2 is 2.00 bits per heavy atom. The van der Waals surface area contributed by atoms with E-state index >= 15 is 0 Å². The van der Waals surface area contributed by atoms with Crippen molar-refractivity contribution >= 4 is 33.4 Å². The van der Waals surface area contributed by atoms with Gasteiger partial charge in [-0.2, -0.15) is 0 Å². The Kier molecular flexibility index (Phi) is 3.09. The van der Waals surface area contributed by atoms with Gasteiger partial charge in [-0.05, 0) is 57.6 Å². The van der Waals surface area contributed by atoms with Crippen LogP contribution in [0.15, 0.2) is 40.9 Å². The molecule has 0 bridgehead atoms. The number of carbonyl (C=O) groups excluding carboxylic acids is 1. The molecular weight excluding hydrogens is 350 g/mol. The van der Waals surface area contributed by atoms with E-state index in [0.29, 0.717) is 5.02 Å². The Hall–Kier alpha value is -1.32. The van der Waals surface area contributed by atoms with Crippen LogP contribution in [0.3, 0.4) is 0 Å². The van der Waals surface area contributed by atoms with E-state index in [9.17, 15) is 4.79 Å². The monoisotopic (exact) mass is 361 g/mol. The van der Waals surface area contributed by atoms with Crippen molar-refractivity contribution in [1.29, 1.82) is 0 Å². The molecular formula is C17H13BrClNO. The van der Waals surface area contributed by atoms with E-state index in [1.165, 1.54) is 11.1 Å². The van der Waals surface area contributed by atoms with Crippen LogP contribution in [-0.4, -0.2) is 17.4 Å². The third-order valence-corrected chi connectivity index (χ3v) is 5.66. The van der Waals surface area contributed by atoms with E-state index in [-0.39, 0.29) is 11.9 Å². The molecule has 0 saturated carbocycles. The molecule has 2 heterocycles. The summed E-state index contributed by atoms with van der Waals surface area (Å²) in [5.41, 5.74) is 4.47. The normalized spacial score (nSPS) is 19.8. The summed E-state index contributed by atoms with van der Waals surface area (Å²) in [5, 5.41) is 0.666. The topological polar surface area (TPSA) is 20.3 Å². The molecule has 0 saturated heterocycles. The van der Waals surface area contributed by atoms with Gasteiger partial charge in [-0.25, -0.2) is 0 Å². The van der Waals surface area contributed by atoms with E-state index in [4.69, 9.17) is 11.6 Å². The maximum Gasteiger partial charge on any atom is 0.254 e.